The summed E-state index contributed by atoms with van der Waals surface area (Å²) in [6.07, 6.45) is 0. The number of aryl methyl sites for hydroxylation is 2. The van der Waals surface area contributed by atoms with Gasteiger partial charge in [0.1, 0.15) is 0 Å². The molecule has 1 saturated heterocycles. The number of benzene rings is 1. The number of rotatable bonds is 7. The predicted octanol–water partition coefficient (Wildman–Crippen LogP) is -1.56. The Balaban J connectivity index is 1.88. The summed E-state index contributed by atoms with van der Waals surface area (Å²) >= 11 is 0. The van der Waals surface area contributed by atoms with Crippen LogP contribution in [0.25, 0.3) is 0 Å². The lowest BCUT2D eigenvalue weighted by Gasteiger charge is -2.31. The molecule has 3 N–H and O–H groups in total. The molecule has 9 heteroatoms. The van der Waals surface area contributed by atoms with E-state index in [0.717, 1.165) is 16.0 Å². The van der Waals surface area contributed by atoms with E-state index in [2.05, 4.69) is 10.6 Å². The Morgan fingerprint density at radius 1 is 1.11 bits per heavy atom. The van der Waals surface area contributed by atoms with Crippen LogP contribution >= 0.6 is 0 Å². The molecule has 27 heavy (non-hydrogen) atoms. The predicted molar refractivity (Wildman–Crippen MR) is 102 cm³/mol. The second kappa shape index (κ2) is 9.29. The monoisotopic (exact) mass is 397 g/mol. The van der Waals surface area contributed by atoms with Crippen LogP contribution in [0.1, 0.15) is 18.1 Å². The molecule has 2 amide bonds. The summed E-state index contributed by atoms with van der Waals surface area (Å²) in [6, 6.07) is 5.43. The van der Waals surface area contributed by atoms with Gasteiger partial charge in [0.15, 0.2) is 6.54 Å². The number of hydrogen-bond acceptors (Lipinski definition) is 4. The molecule has 0 bridgehead atoms. The number of amides is 2. The van der Waals surface area contributed by atoms with Crippen molar-refractivity contribution in [3.63, 3.8) is 0 Å². The van der Waals surface area contributed by atoms with Crippen molar-refractivity contribution < 1.29 is 22.9 Å². The molecule has 1 aromatic carbocycles. The van der Waals surface area contributed by atoms with Crippen LogP contribution in [-0.4, -0.2) is 70.4 Å². The molecule has 1 aliphatic rings. The van der Waals surface area contributed by atoms with Gasteiger partial charge in [-0.15, -0.1) is 0 Å². The maximum atomic E-state index is 12.9. The average Bonchev–Trinajstić information content (AvgIpc) is 2.62. The number of carbonyl (C=O) groups is 2. The van der Waals surface area contributed by atoms with E-state index in [1.54, 1.807) is 13.0 Å². The zero-order valence-corrected chi connectivity index (χ0v) is 17.0. The molecule has 1 fully saturated rings. The molecule has 0 atom stereocenters. The first-order chi connectivity index (χ1) is 12.7. The Morgan fingerprint density at radius 2 is 1.78 bits per heavy atom. The number of hydrogen-bond donors (Lipinski definition) is 3. The van der Waals surface area contributed by atoms with E-state index >= 15 is 0 Å². The molecule has 1 aromatic rings. The van der Waals surface area contributed by atoms with Gasteiger partial charge in [-0.2, -0.15) is 4.31 Å². The summed E-state index contributed by atoms with van der Waals surface area (Å²) in [4.78, 5) is 24.7. The summed E-state index contributed by atoms with van der Waals surface area (Å²) in [5.41, 5.74) is 1.65. The van der Waals surface area contributed by atoms with Crippen molar-refractivity contribution in [1.82, 2.24) is 14.9 Å². The van der Waals surface area contributed by atoms with Gasteiger partial charge in [0.25, 0.3) is 5.91 Å². The minimum absolute atomic E-state index is 0.0346. The Kier molecular flexibility index (Phi) is 7.34. The average molecular weight is 398 g/mol. The maximum absolute atomic E-state index is 12.9. The number of sulfonamides is 1. The quantitative estimate of drug-likeness (QED) is 0.518. The summed E-state index contributed by atoms with van der Waals surface area (Å²) < 4.78 is 27.3. The molecule has 0 spiro atoms. The molecular weight excluding hydrogens is 368 g/mol. The summed E-state index contributed by atoms with van der Waals surface area (Å²) in [5, 5.41) is 5.21. The first kappa shape index (κ1) is 21.3. The number of likely N-dealkylation sites (N-methyl/N-ethyl adjacent to an activating group) is 1. The van der Waals surface area contributed by atoms with Crippen LogP contribution in [0, 0.1) is 13.8 Å². The Labute approximate surface area is 161 Å². The molecule has 0 aliphatic carbocycles. The Bertz CT molecular complexity index is 787. The molecule has 2 rings (SSSR count). The van der Waals surface area contributed by atoms with E-state index in [9.17, 15) is 18.0 Å². The van der Waals surface area contributed by atoms with E-state index < -0.39 is 10.0 Å². The number of quaternary nitrogens is 1. The van der Waals surface area contributed by atoms with Gasteiger partial charge in [-0.25, -0.2) is 8.42 Å². The molecule has 0 aromatic heterocycles. The number of piperazine rings is 1. The van der Waals surface area contributed by atoms with Crippen LogP contribution in [0.3, 0.4) is 0 Å². The van der Waals surface area contributed by atoms with Gasteiger partial charge in [-0.05, 0) is 38.0 Å². The van der Waals surface area contributed by atoms with Crippen LogP contribution in [0.5, 0.6) is 0 Å². The van der Waals surface area contributed by atoms with E-state index in [4.69, 9.17) is 0 Å². The third kappa shape index (κ3) is 5.75. The van der Waals surface area contributed by atoms with E-state index in [1.165, 1.54) is 4.31 Å². The van der Waals surface area contributed by atoms with Crippen LogP contribution < -0.4 is 15.5 Å². The molecule has 0 unspecified atom stereocenters. The van der Waals surface area contributed by atoms with Crippen molar-refractivity contribution in [2.45, 2.75) is 25.7 Å². The molecule has 1 aliphatic heterocycles. The van der Waals surface area contributed by atoms with Crippen molar-refractivity contribution in [3.05, 3.63) is 29.3 Å². The van der Waals surface area contributed by atoms with Crippen LogP contribution in [0.2, 0.25) is 0 Å². The second-order valence-electron chi connectivity index (χ2n) is 6.83. The van der Waals surface area contributed by atoms with Gasteiger partial charge in [0.05, 0.1) is 37.6 Å². The second-order valence-corrected chi connectivity index (χ2v) is 8.74. The summed E-state index contributed by atoms with van der Waals surface area (Å²) in [5.74, 6) is -0.424. The lowest BCUT2D eigenvalue weighted by molar-refractivity contribution is -0.895. The van der Waals surface area contributed by atoms with Gasteiger partial charge in [-0.3, -0.25) is 9.59 Å². The number of nitrogens with one attached hydrogen (secondary N) is 3. The minimum atomic E-state index is -3.53. The Morgan fingerprint density at radius 3 is 2.41 bits per heavy atom. The van der Waals surface area contributed by atoms with Crippen molar-refractivity contribution in [2.75, 3.05) is 45.8 Å². The number of nitrogens with zero attached hydrogens (tertiary/aromatic N) is 1. The third-order valence-corrected chi connectivity index (χ3v) is 6.66. The van der Waals surface area contributed by atoms with Gasteiger partial charge in [-0.1, -0.05) is 12.1 Å². The van der Waals surface area contributed by atoms with Gasteiger partial charge in [0.2, 0.25) is 15.9 Å². The molecular formula is C18H29N4O4S+. The fourth-order valence-electron chi connectivity index (χ4n) is 3.07. The lowest BCUT2D eigenvalue weighted by atomic mass is 10.2. The normalized spacial score (nSPS) is 16.1. The van der Waals surface area contributed by atoms with Crippen molar-refractivity contribution in [2.24, 2.45) is 0 Å². The van der Waals surface area contributed by atoms with Crippen LogP contribution in [0.15, 0.2) is 23.1 Å². The first-order valence-electron chi connectivity index (χ1n) is 9.18. The van der Waals surface area contributed by atoms with E-state index in [0.29, 0.717) is 37.6 Å². The number of carbonyl (C=O) groups excluding carboxylic acids is 2. The summed E-state index contributed by atoms with van der Waals surface area (Å²) in [7, 11) is -3.53. The lowest BCUT2D eigenvalue weighted by Crippen LogP contribution is -3.15. The molecule has 150 valence electrons. The molecule has 0 radical (unpaired) electrons. The first-order valence-corrected chi connectivity index (χ1v) is 10.6. The fourth-order valence-corrected chi connectivity index (χ4v) is 4.82. The Hall–Kier alpha value is -1.97. The smallest absolute Gasteiger partial charge is 0.275 e. The largest absolute Gasteiger partial charge is 0.355 e. The maximum Gasteiger partial charge on any atom is 0.275 e. The van der Waals surface area contributed by atoms with E-state index in [1.807, 2.05) is 26.0 Å². The van der Waals surface area contributed by atoms with Crippen molar-refractivity contribution in [3.8, 4) is 0 Å². The van der Waals surface area contributed by atoms with Crippen LogP contribution in [-0.2, 0) is 19.6 Å². The standard InChI is InChI=1S/C18H28N4O4S/c1-4-19-17(23)12-20-18(24)13-21-7-9-22(10-8-21)27(25,26)16-11-14(2)5-6-15(16)3/h5-6,11H,4,7-10,12-13H2,1-3H3,(H,19,23)(H,20,24)/p+1. The molecule has 8 nitrogen and oxygen atoms in total. The van der Waals surface area contributed by atoms with Gasteiger partial charge >= 0.3 is 0 Å². The topological polar surface area (TPSA) is 100 Å². The van der Waals surface area contributed by atoms with Crippen molar-refractivity contribution >= 4 is 21.8 Å². The highest BCUT2D eigenvalue weighted by atomic mass is 32.2. The van der Waals surface area contributed by atoms with E-state index in [-0.39, 0.29) is 24.9 Å². The van der Waals surface area contributed by atoms with Crippen LogP contribution in [0.4, 0.5) is 0 Å². The van der Waals surface area contributed by atoms with Gasteiger partial charge in [0, 0.05) is 6.54 Å². The zero-order valence-electron chi connectivity index (χ0n) is 16.2. The fraction of sp³-hybridized carbons (Fsp3) is 0.556. The molecule has 0 saturated carbocycles. The van der Waals surface area contributed by atoms with Gasteiger partial charge < -0.3 is 15.5 Å². The SMILES string of the molecule is CCNC(=O)CNC(=O)C[NH+]1CCN(S(=O)(=O)c2cc(C)ccc2C)CC1. The highest BCUT2D eigenvalue weighted by Gasteiger charge is 2.32. The zero-order chi connectivity index (χ0) is 20.0. The molecule has 1 heterocycles. The summed E-state index contributed by atoms with van der Waals surface area (Å²) in [6.45, 7) is 8.06. The highest BCUT2D eigenvalue weighted by Crippen LogP contribution is 2.21. The minimum Gasteiger partial charge on any atom is -0.355 e. The van der Waals surface area contributed by atoms with Crippen molar-refractivity contribution in [1.29, 1.82) is 0 Å². The third-order valence-electron chi connectivity index (χ3n) is 4.62. The highest BCUT2D eigenvalue weighted by molar-refractivity contribution is 7.89.